The van der Waals surface area contributed by atoms with Gasteiger partial charge in [0.15, 0.2) is 0 Å². The van der Waals surface area contributed by atoms with Crippen LogP contribution in [0.5, 0.6) is 0 Å². The molecule has 0 saturated carbocycles. The van der Waals surface area contributed by atoms with Crippen LogP contribution in [0.15, 0.2) is 35.0 Å². The smallest absolute Gasteiger partial charge is 0.340 e. The minimum absolute atomic E-state index is 0.109. The second kappa shape index (κ2) is 6.43. The number of rotatable bonds is 5. The Morgan fingerprint density at radius 3 is 2.90 bits per heavy atom. The lowest BCUT2D eigenvalue weighted by Gasteiger charge is -2.17. The number of thiophene rings is 1. The minimum atomic E-state index is -0.361. The van der Waals surface area contributed by atoms with Crippen molar-refractivity contribution in [1.29, 1.82) is 0 Å². The van der Waals surface area contributed by atoms with Crippen LogP contribution >= 0.6 is 11.3 Å². The number of esters is 1. The predicted octanol–water partition coefficient (Wildman–Crippen LogP) is 3.68. The SMILES string of the molecule is CCOC(=O)c1cc(N)ccc1NC(C)c1ccsc1. The lowest BCUT2D eigenvalue weighted by molar-refractivity contribution is 0.0527. The number of hydrogen-bond donors (Lipinski definition) is 2. The first-order valence-electron chi connectivity index (χ1n) is 6.47. The Morgan fingerprint density at radius 1 is 1.45 bits per heavy atom. The topological polar surface area (TPSA) is 64.3 Å². The van der Waals surface area contributed by atoms with E-state index < -0.39 is 0 Å². The first-order valence-corrected chi connectivity index (χ1v) is 7.41. The lowest BCUT2D eigenvalue weighted by Crippen LogP contribution is -2.12. The van der Waals surface area contributed by atoms with Crippen LogP contribution in [-0.2, 0) is 4.74 Å². The highest BCUT2D eigenvalue weighted by Gasteiger charge is 2.15. The molecule has 20 heavy (non-hydrogen) atoms. The highest BCUT2D eigenvalue weighted by Crippen LogP contribution is 2.26. The molecule has 4 nitrogen and oxygen atoms in total. The molecule has 1 aromatic carbocycles. The Morgan fingerprint density at radius 2 is 2.25 bits per heavy atom. The van der Waals surface area contributed by atoms with E-state index in [-0.39, 0.29) is 12.0 Å². The number of hydrogen-bond acceptors (Lipinski definition) is 5. The molecule has 0 amide bonds. The van der Waals surface area contributed by atoms with E-state index in [2.05, 4.69) is 16.8 Å². The Hall–Kier alpha value is -2.01. The van der Waals surface area contributed by atoms with Gasteiger partial charge in [-0.05, 0) is 54.4 Å². The number of nitrogens with one attached hydrogen (secondary N) is 1. The van der Waals surface area contributed by atoms with E-state index in [1.54, 1.807) is 30.4 Å². The summed E-state index contributed by atoms with van der Waals surface area (Å²) in [5.74, 6) is -0.361. The predicted molar refractivity (Wildman–Crippen MR) is 83.2 cm³/mol. The van der Waals surface area contributed by atoms with Gasteiger partial charge in [0.1, 0.15) is 0 Å². The molecule has 0 radical (unpaired) electrons. The maximum absolute atomic E-state index is 12.0. The van der Waals surface area contributed by atoms with Gasteiger partial charge in [-0.25, -0.2) is 4.79 Å². The molecule has 2 rings (SSSR count). The highest BCUT2D eigenvalue weighted by atomic mass is 32.1. The lowest BCUT2D eigenvalue weighted by atomic mass is 10.1. The second-order valence-electron chi connectivity index (χ2n) is 4.45. The number of anilines is 2. The fourth-order valence-corrected chi connectivity index (χ4v) is 2.66. The molecule has 1 aromatic heterocycles. The summed E-state index contributed by atoms with van der Waals surface area (Å²) in [4.78, 5) is 12.0. The average Bonchev–Trinajstić information content (AvgIpc) is 2.95. The van der Waals surface area contributed by atoms with Crippen molar-refractivity contribution in [2.24, 2.45) is 0 Å². The van der Waals surface area contributed by atoms with Crippen molar-refractivity contribution in [3.05, 3.63) is 46.2 Å². The summed E-state index contributed by atoms with van der Waals surface area (Å²) >= 11 is 1.65. The van der Waals surface area contributed by atoms with E-state index in [9.17, 15) is 4.79 Å². The largest absolute Gasteiger partial charge is 0.462 e. The van der Waals surface area contributed by atoms with Gasteiger partial charge in [0.2, 0.25) is 0 Å². The van der Waals surface area contributed by atoms with Crippen LogP contribution < -0.4 is 11.1 Å². The summed E-state index contributed by atoms with van der Waals surface area (Å²) in [6, 6.07) is 7.39. The normalized spacial score (nSPS) is 11.9. The summed E-state index contributed by atoms with van der Waals surface area (Å²) < 4.78 is 5.06. The molecule has 1 atom stereocenters. The third kappa shape index (κ3) is 3.30. The highest BCUT2D eigenvalue weighted by molar-refractivity contribution is 7.08. The van der Waals surface area contributed by atoms with E-state index in [0.29, 0.717) is 17.9 Å². The molecule has 0 aliphatic carbocycles. The zero-order chi connectivity index (χ0) is 14.5. The van der Waals surface area contributed by atoms with E-state index >= 15 is 0 Å². The van der Waals surface area contributed by atoms with Gasteiger partial charge in [0.05, 0.1) is 12.2 Å². The summed E-state index contributed by atoms with van der Waals surface area (Å²) in [6.45, 7) is 4.17. The summed E-state index contributed by atoms with van der Waals surface area (Å²) in [5, 5.41) is 7.44. The van der Waals surface area contributed by atoms with Crippen molar-refractivity contribution in [3.8, 4) is 0 Å². The third-order valence-corrected chi connectivity index (χ3v) is 3.66. The monoisotopic (exact) mass is 290 g/mol. The van der Waals surface area contributed by atoms with Crippen molar-refractivity contribution in [3.63, 3.8) is 0 Å². The molecule has 0 fully saturated rings. The molecule has 106 valence electrons. The molecule has 1 heterocycles. The fraction of sp³-hybridized carbons (Fsp3) is 0.267. The molecule has 0 saturated heterocycles. The zero-order valence-corrected chi connectivity index (χ0v) is 12.4. The number of nitrogens with two attached hydrogens (primary N) is 1. The van der Waals surface area contributed by atoms with E-state index in [1.807, 2.05) is 18.4 Å². The van der Waals surface area contributed by atoms with E-state index in [4.69, 9.17) is 10.5 Å². The van der Waals surface area contributed by atoms with E-state index in [0.717, 1.165) is 5.69 Å². The van der Waals surface area contributed by atoms with Crippen LogP contribution in [0.2, 0.25) is 0 Å². The molecule has 0 aliphatic heterocycles. The van der Waals surface area contributed by atoms with Crippen molar-refractivity contribution < 1.29 is 9.53 Å². The number of benzene rings is 1. The maximum Gasteiger partial charge on any atom is 0.340 e. The average molecular weight is 290 g/mol. The van der Waals surface area contributed by atoms with Gasteiger partial charge in [-0.1, -0.05) is 0 Å². The number of nitrogen functional groups attached to an aromatic ring is 1. The molecular formula is C15H18N2O2S. The molecule has 0 aliphatic rings. The molecule has 5 heteroatoms. The zero-order valence-electron chi connectivity index (χ0n) is 11.6. The molecule has 2 aromatic rings. The summed E-state index contributed by atoms with van der Waals surface area (Å²) in [6.07, 6.45) is 0. The Kier molecular flexibility index (Phi) is 4.63. The first kappa shape index (κ1) is 14.4. The van der Waals surface area contributed by atoms with Crippen molar-refractivity contribution >= 4 is 28.7 Å². The summed E-state index contributed by atoms with van der Waals surface area (Å²) in [7, 11) is 0. The van der Waals surface area contributed by atoms with Gasteiger partial charge in [0.25, 0.3) is 0 Å². The van der Waals surface area contributed by atoms with Gasteiger partial charge in [-0.3, -0.25) is 0 Å². The Balaban J connectivity index is 2.24. The van der Waals surface area contributed by atoms with Gasteiger partial charge in [0, 0.05) is 17.4 Å². The third-order valence-electron chi connectivity index (χ3n) is 2.95. The van der Waals surface area contributed by atoms with Crippen LogP contribution in [0.4, 0.5) is 11.4 Å². The Labute approximate surface area is 122 Å². The van der Waals surface area contributed by atoms with Crippen LogP contribution in [0.3, 0.4) is 0 Å². The quantitative estimate of drug-likeness (QED) is 0.651. The molecule has 0 spiro atoms. The van der Waals surface area contributed by atoms with Crippen molar-refractivity contribution in [2.45, 2.75) is 19.9 Å². The molecule has 3 N–H and O–H groups in total. The van der Waals surface area contributed by atoms with Crippen molar-refractivity contribution in [2.75, 3.05) is 17.7 Å². The number of ether oxygens (including phenoxy) is 1. The van der Waals surface area contributed by atoms with Gasteiger partial charge >= 0.3 is 5.97 Å². The van der Waals surface area contributed by atoms with Crippen LogP contribution in [0.1, 0.15) is 35.8 Å². The van der Waals surface area contributed by atoms with Crippen LogP contribution in [0, 0.1) is 0 Å². The first-order chi connectivity index (χ1) is 9.61. The summed E-state index contributed by atoms with van der Waals surface area (Å²) in [5.41, 5.74) is 8.68. The minimum Gasteiger partial charge on any atom is -0.462 e. The molecule has 0 bridgehead atoms. The second-order valence-corrected chi connectivity index (χ2v) is 5.23. The molecule has 1 unspecified atom stereocenters. The standard InChI is InChI=1S/C15H18N2O2S/c1-3-19-15(18)13-8-12(16)4-5-14(13)17-10(2)11-6-7-20-9-11/h4-10,17H,3,16H2,1-2H3. The van der Waals surface area contributed by atoms with E-state index in [1.165, 1.54) is 5.56 Å². The van der Waals surface area contributed by atoms with Gasteiger partial charge in [-0.15, -0.1) is 0 Å². The van der Waals surface area contributed by atoms with Gasteiger partial charge in [-0.2, -0.15) is 11.3 Å². The van der Waals surface area contributed by atoms with Gasteiger partial charge < -0.3 is 15.8 Å². The number of carbonyl (C=O) groups excluding carboxylic acids is 1. The van der Waals surface area contributed by atoms with Crippen LogP contribution in [0.25, 0.3) is 0 Å². The van der Waals surface area contributed by atoms with Crippen molar-refractivity contribution in [1.82, 2.24) is 0 Å². The Bertz CT molecular complexity index is 582. The van der Waals surface area contributed by atoms with Crippen LogP contribution in [-0.4, -0.2) is 12.6 Å². The maximum atomic E-state index is 12.0. The molecular weight excluding hydrogens is 272 g/mol. The fourth-order valence-electron chi connectivity index (χ4n) is 1.90. The number of carbonyl (C=O) groups is 1.